The van der Waals surface area contributed by atoms with Crippen molar-refractivity contribution in [2.45, 2.75) is 13.0 Å². The van der Waals surface area contributed by atoms with Crippen molar-refractivity contribution in [2.75, 3.05) is 17.2 Å². The SMILES string of the molecule is Fc1ccccc1CNc1nncc(NCCc2ccc(Cl)cc2Cl)n1. The van der Waals surface area contributed by atoms with Gasteiger partial charge in [-0.1, -0.05) is 47.5 Å². The molecule has 2 N–H and O–H groups in total. The molecule has 1 heterocycles. The van der Waals surface area contributed by atoms with Crippen LogP contribution < -0.4 is 10.6 Å². The second-order valence-corrected chi connectivity index (χ2v) is 6.37. The van der Waals surface area contributed by atoms with Crippen LogP contribution in [-0.4, -0.2) is 21.7 Å². The molecule has 8 heteroatoms. The van der Waals surface area contributed by atoms with Crippen molar-refractivity contribution in [1.29, 1.82) is 0 Å². The zero-order valence-corrected chi connectivity index (χ0v) is 15.2. The molecule has 3 rings (SSSR count). The van der Waals surface area contributed by atoms with Crippen LogP contribution in [0.4, 0.5) is 16.2 Å². The number of rotatable bonds is 7. The molecule has 0 atom stereocenters. The summed E-state index contributed by atoms with van der Waals surface area (Å²) in [6.07, 6.45) is 2.23. The maximum atomic E-state index is 13.6. The van der Waals surface area contributed by atoms with Crippen LogP contribution in [0.15, 0.2) is 48.7 Å². The van der Waals surface area contributed by atoms with Gasteiger partial charge >= 0.3 is 0 Å². The van der Waals surface area contributed by atoms with Gasteiger partial charge in [0.2, 0.25) is 5.95 Å². The van der Waals surface area contributed by atoms with Gasteiger partial charge in [-0.2, -0.15) is 10.1 Å². The molecule has 1 aromatic heterocycles. The smallest absolute Gasteiger partial charge is 0.244 e. The minimum atomic E-state index is -0.276. The Morgan fingerprint density at radius 2 is 1.85 bits per heavy atom. The fourth-order valence-corrected chi connectivity index (χ4v) is 2.83. The quantitative estimate of drug-likeness (QED) is 0.616. The molecule has 0 amide bonds. The lowest BCUT2D eigenvalue weighted by molar-refractivity contribution is 0.612. The van der Waals surface area contributed by atoms with E-state index in [-0.39, 0.29) is 12.4 Å². The Labute approximate surface area is 160 Å². The van der Waals surface area contributed by atoms with Crippen molar-refractivity contribution >= 4 is 35.0 Å². The zero-order valence-electron chi connectivity index (χ0n) is 13.7. The molecule has 0 aliphatic carbocycles. The lowest BCUT2D eigenvalue weighted by atomic mass is 10.1. The average molecular weight is 392 g/mol. The Hall–Kier alpha value is -2.44. The molecule has 0 radical (unpaired) electrons. The third-order valence-corrected chi connectivity index (χ3v) is 4.26. The molecule has 0 saturated carbocycles. The Morgan fingerprint density at radius 3 is 2.65 bits per heavy atom. The van der Waals surface area contributed by atoms with Crippen LogP contribution in [0, 0.1) is 5.82 Å². The highest BCUT2D eigenvalue weighted by Crippen LogP contribution is 2.21. The summed E-state index contributed by atoms with van der Waals surface area (Å²) in [4.78, 5) is 4.31. The Kier molecular flexibility index (Phi) is 6.20. The first kappa shape index (κ1) is 18.4. The van der Waals surface area contributed by atoms with Gasteiger partial charge in [-0.05, 0) is 30.2 Å². The highest BCUT2D eigenvalue weighted by atomic mass is 35.5. The summed E-state index contributed by atoms with van der Waals surface area (Å²) in [6.45, 7) is 0.894. The fraction of sp³-hybridized carbons (Fsp3) is 0.167. The summed E-state index contributed by atoms with van der Waals surface area (Å²) in [5.74, 6) is 0.617. The van der Waals surface area contributed by atoms with E-state index in [0.717, 1.165) is 5.56 Å². The molecule has 134 valence electrons. The van der Waals surface area contributed by atoms with Gasteiger partial charge < -0.3 is 10.6 Å². The van der Waals surface area contributed by atoms with Crippen LogP contribution in [0.5, 0.6) is 0 Å². The van der Waals surface area contributed by atoms with Crippen molar-refractivity contribution in [1.82, 2.24) is 15.2 Å². The molecule has 0 aliphatic heterocycles. The van der Waals surface area contributed by atoms with Crippen LogP contribution in [0.1, 0.15) is 11.1 Å². The van der Waals surface area contributed by atoms with Crippen LogP contribution in [0.3, 0.4) is 0 Å². The summed E-state index contributed by atoms with van der Waals surface area (Å²) in [6, 6.07) is 12.0. The van der Waals surface area contributed by atoms with Crippen molar-refractivity contribution < 1.29 is 4.39 Å². The normalized spacial score (nSPS) is 10.6. The molecule has 3 aromatic rings. The van der Waals surface area contributed by atoms with Crippen LogP contribution in [-0.2, 0) is 13.0 Å². The van der Waals surface area contributed by atoms with Gasteiger partial charge in [0.05, 0.1) is 6.20 Å². The van der Waals surface area contributed by atoms with Crippen molar-refractivity contribution in [2.24, 2.45) is 0 Å². The first-order chi connectivity index (χ1) is 12.6. The first-order valence-corrected chi connectivity index (χ1v) is 8.72. The van der Waals surface area contributed by atoms with Gasteiger partial charge in [0.15, 0.2) is 5.82 Å². The van der Waals surface area contributed by atoms with E-state index >= 15 is 0 Å². The van der Waals surface area contributed by atoms with Crippen molar-refractivity contribution in [3.8, 4) is 0 Å². The summed E-state index contributed by atoms with van der Waals surface area (Å²) in [5.41, 5.74) is 1.52. The number of halogens is 3. The number of hydrogen-bond donors (Lipinski definition) is 2. The molecule has 0 saturated heterocycles. The largest absolute Gasteiger partial charge is 0.368 e. The van der Waals surface area contributed by atoms with E-state index in [1.165, 1.54) is 12.3 Å². The van der Waals surface area contributed by atoms with E-state index in [1.54, 1.807) is 30.3 Å². The highest BCUT2D eigenvalue weighted by Gasteiger charge is 2.05. The van der Waals surface area contributed by atoms with Crippen LogP contribution in [0.25, 0.3) is 0 Å². The Morgan fingerprint density at radius 1 is 1.00 bits per heavy atom. The summed E-state index contributed by atoms with van der Waals surface area (Å²) in [5, 5.41) is 15.2. The maximum Gasteiger partial charge on any atom is 0.244 e. The average Bonchev–Trinajstić information content (AvgIpc) is 2.63. The number of anilines is 2. The molecule has 0 aliphatic rings. The van der Waals surface area contributed by atoms with Gasteiger partial charge in [-0.15, -0.1) is 5.10 Å². The highest BCUT2D eigenvalue weighted by molar-refractivity contribution is 6.35. The van der Waals surface area contributed by atoms with E-state index in [2.05, 4.69) is 25.8 Å². The maximum absolute atomic E-state index is 13.6. The predicted octanol–water partition coefficient (Wildman–Crippen LogP) is 4.58. The van der Waals surface area contributed by atoms with Gasteiger partial charge in [-0.25, -0.2) is 4.39 Å². The summed E-state index contributed by atoms with van der Waals surface area (Å²) >= 11 is 12.1. The molecule has 0 bridgehead atoms. The summed E-state index contributed by atoms with van der Waals surface area (Å²) < 4.78 is 13.6. The van der Waals surface area contributed by atoms with E-state index in [4.69, 9.17) is 23.2 Å². The summed E-state index contributed by atoms with van der Waals surface area (Å²) in [7, 11) is 0. The molecular formula is C18H16Cl2FN5. The lowest BCUT2D eigenvalue weighted by Gasteiger charge is -2.09. The lowest BCUT2D eigenvalue weighted by Crippen LogP contribution is -2.10. The minimum absolute atomic E-state index is 0.276. The fourth-order valence-electron chi connectivity index (χ4n) is 2.33. The number of hydrogen-bond acceptors (Lipinski definition) is 5. The van der Waals surface area contributed by atoms with E-state index < -0.39 is 0 Å². The van der Waals surface area contributed by atoms with Gasteiger partial charge in [0.1, 0.15) is 5.82 Å². The van der Waals surface area contributed by atoms with Gasteiger partial charge in [0, 0.05) is 28.7 Å². The Balaban J connectivity index is 1.54. The van der Waals surface area contributed by atoms with Crippen molar-refractivity contribution in [3.63, 3.8) is 0 Å². The molecule has 0 fully saturated rings. The standard InChI is InChI=1S/C18H16Cl2FN5/c19-14-6-5-12(15(20)9-14)7-8-22-17-11-24-26-18(25-17)23-10-13-3-1-2-4-16(13)21/h1-6,9,11H,7-8,10H2,(H2,22,23,25,26). The topological polar surface area (TPSA) is 62.7 Å². The third-order valence-electron chi connectivity index (χ3n) is 3.67. The number of aromatic nitrogens is 3. The number of nitrogens with one attached hydrogen (secondary N) is 2. The van der Waals surface area contributed by atoms with E-state index in [0.29, 0.717) is 40.3 Å². The van der Waals surface area contributed by atoms with Gasteiger partial charge in [-0.3, -0.25) is 0 Å². The van der Waals surface area contributed by atoms with Gasteiger partial charge in [0.25, 0.3) is 0 Å². The molecule has 0 unspecified atom stereocenters. The van der Waals surface area contributed by atoms with E-state index in [1.807, 2.05) is 6.07 Å². The molecule has 5 nitrogen and oxygen atoms in total. The second-order valence-electron chi connectivity index (χ2n) is 5.52. The molecule has 2 aromatic carbocycles. The first-order valence-electron chi connectivity index (χ1n) is 7.96. The number of nitrogens with zero attached hydrogens (tertiary/aromatic N) is 3. The van der Waals surface area contributed by atoms with Crippen LogP contribution >= 0.6 is 23.2 Å². The second kappa shape index (κ2) is 8.78. The number of benzene rings is 2. The predicted molar refractivity (Wildman–Crippen MR) is 102 cm³/mol. The van der Waals surface area contributed by atoms with Crippen LogP contribution in [0.2, 0.25) is 10.0 Å². The Bertz CT molecular complexity index is 891. The molecule has 0 spiro atoms. The monoisotopic (exact) mass is 391 g/mol. The molecular weight excluding hydrogens is 376 g/mol. The zero-order chi connectivity index (χ0) is 18.4. The van der Waals surface area contributed by atoms with E-state index in [9.17, 15) is 4.39 Å². The minimum Gasteiger partial charge on any atom is -0.368 e. The molecule has 26 heavy (non-hydrogen) atoms. The van der Waals surface area contributed by atoms with Crippen molar-refractivity contribution in [3.05, 3.63) is 75.7 Å². The third kappa shape index (κ3) is 5.03.